The molecule has 1 aliphatic rings. The number of rotatable bonds is 8. The lowest BCUT2D eigenvalue weighted by atomic mass is 9.69. The van der Waals surface area contributed by atoms with E-state index in [9.17, 15) is 0 Å². The molecule has 3 heteroatoms. The van der Waals surface area contributed by atoms with Gasteiger partial charge in [0, 0.05) is 25.6 Å². The molecule has 2 rings (SSSR count). The Bertz CT molecular complexity index is 396. The van der Waals surface area contributed by atoms with Crippen LogP contribution in [0, 0.1) is 0 Å². The standard InChI is InChI=1S/C18H29NO2/c1-3-21-17-9-7-16(8-10-17)18(11-5-4-6-12-18)15-19-13-14-20-2/h7-10,19H,3-6,11-15H2,1-2H3. The van der Waals surface area contributed by atoms with Gasteiger partial charge in [-0.05, 0) is 37.5 Å². The molecular weight excluding hydrogens is 262 g/mol. The number of nitrogens with one attached hydrogen (secondary N) is 1. The molecule has 0 bridgehead atoms. The van der Waals surface area contributed by atoms with Gasteiger partial charge in [0.2, 0.25) is 0 Å². The quantitative estimate of drug-likeness (QED) is 0.743. The summed E-state index contributed by atoms with van der Waals surface area (Å²) >= 11 is 0. The molecule has 118 valence electrons. The van der Waals surface area contributed by atoms with Gasteiger partial charge in [0.05, 0.1) is 13.2 Å². The Morgan fingerprint density at radius 1 is 1.10 bits per heavy atom. The molecule has 1 aliphatic carbocycles. The van der Waals surface area contributed by atoms with Crippen LogP contribution in [0.2, 0.25) is 0 Å². The highest BCUT2D eigenvalue weighted by atomic mass is 16.5. The molecule has 0 unspecified atom stereocenters. The van der Waals surface area contributed by atoms with Crippen molar-refractivity contribution in [1.29, 1.82) is 0 Å². The monoisotopic (exact) mass is 291 g/mol. The third-order valence-corrected chi connectivity index (χ3v) is 4.53. The summed E-state index contributed by atoms with van der Waals surface area (Å²) in [5.74, 6) is 0.972. The Labute approximate surface area is 129 Å². The van der Waals surface area contributed by atoms with Crippen LogP contribution < -0.4 is 10.1 Å². The zero-order chi connectivity index (χ0) is 15.0. The van der Waals surface area contributed by atoms with Gasteiger partial charge in [-0.15, -0.1) is 0 Å². The van der Waals surface area contributed by atoms with Crippen molar-refractivity contribution < 1.29 is 9.47 Å². The summed E-state index contributed by atoms with van der Waals surface area (Å²) in [5.41, 5.74) is 1.74. The molecule has 0 radical (unpaired) electrons. The molecule has 0 aromatic heterocycles. The molecule has 0 aliphatic heterocycles. The Morgan fingerprint density at radius 2 is 1.81 bits per heavy atom. The van der Waals surface area contributed by atoms with Gasteiger partial charge in [-0.2, -0.15) is 0 Å². The first-order valence-electron chi connectivity index (χ1n) is 8.24. The summed E-state index contributed by atoms with van der Waals surface area (Å²) in [6.45, 7) is 5.50. The van der Waals surface area contributed by atoms with Crippen LogP contribution in [-0.2, 0) is 10.2 Å². The van der Waals surface area contributed by atoms with Gasteiger partial charge in [-0.3, -0.25) is 0 Å². The fourth-order valence-corrected chi connectivity index (χ4v) is 3.37. The Balaban J connectivity index is 2.06. The van der Waals surface area contributed by atoms with Crippen molar-refractivity contribution in [2.24, 2.45) is 0 Å². The molecule has 0 atom stereocenters. The van der Waals surface area contributed by atoms with Crippen LogP contribution in [0.3, 0.4) is 0 Å². The lowest BCUT2D eigenvalue weighted by molar-refractivity contribution is 0.192. The highest BCUT2D eigenvalue weighted by Crippen LogP contribution is 2.39. The molecule has 21 heavy (non-hydrogen) atoms. The van der Waals surface area contributed by atoms with Gasteiger partial charge < -0.3 is 14.8 Å². The Kier molecular flexibility index (Phi) is 6.52. The van der Waals surface area contributed by atoms with E-state index in [2.05, 4.69) is 29.6 Å². The highest BCUT2D eigenvalue weighted by Gasteiger charge is 2.33. The van der Waals surface area contributed by atoms with Crippen LogP contribution >= 0.6 is 0 Å². The van der Waals surface area contributed by atoms with Crippen molar-refractivity contribution in [3.8, 4) is 5.75 Å². The molecule has 0 spiro atoms. The molecule has 3 nitrogen and oxygen atoms in total. The second-order valence-corrected chi connectivity index (χ2v) is 5.97. The second kappa shape index (κ2) is 8.40. The van der Waals surface area contributed by atoms with Crippen molar-refractivity contribution in [2.45, 2.75) is 44.4 Å². The number of methoxy groups -OCH3 is 1. The van der Waals surface area contributed by atoms with Crippen LogP contribution in [0.15, 0.2) is 24.3 Å². The smallest absolute Gasteiger partial charge is 0.119 e. The predicted molar refractivity (Wildman–Crippen MR) is 87.1 cm³/mol. The topological polar surface area (TPSA) is 30.5 Å². The lowest BCUT2D eigenvalue weighted by Gasteiger charge is -2.38. The minimum Gasteiger partial charge on any atom is -0.494 e. The lowest BCUT2D eigenvalue weighted by Crippen LogP contribution is -2.40. The van der Waals surface area contributed by atoms with E-state index in [0.29, 0.717) is 0 Å². The molecule has 1 fully saturated rings. The van der Waals surface area contributed by atoms with Crippen molar-refractivity contribution in [1.82, 2.24) is 5.32 Å². The van der Waals surface area contributed by atoms with Crippen molar-refractivity contribution in [3.63, 3.8) is 0 Å². The van der Waals surface area contributed by atoms with Gasteiger partial charge in [0.1, 0.15) is 5.75 Å². The van der Waals surface area contributed by atoms with Gasteiger partial charge in [-0.25, -0.2) is 0 Å². The summed E-state index contributed by atoms with van der Waals surface area (Å²) in [4.78, 5) is 0. The number of hydrogen-bond acceptors (Lipinski definition) is 3. The molecule has 1 aromatic rings. The molecule has 0 heterocycles. The fraction of sp³-hybridized carbons (Fsp3) is 0.667. The zero-order valence-corrected chi connectivity index (χ0v) is 13.5. The van der Waals surface area contributed by atoms with Gasteiger partial charge in [0.15, 0.2) is 0 Å². The van der Waals surface area contributed by atoms with E-state index < -0.39 is 0 Å². The number of benzene rings is 1. The van der Waals surface area contributed by atoms with E-state index in [0.717, 1.165) is 32.1 Å². The van der Waals surface area contributed by atoms with Crippen molar-refractivity contribution in [2.75, 3.05) is 33.4 Å². The molecular formula is C18H29NO2. The third kappa shape index (κ3) is 4.45. The Morgan fingerprint density at radius 3 is 2.43 bits per heavy atom. The summed E-state index contributed by atoms with van der Waals surface area (Å²) in [6.07, 6.45) is 6.59. The minimum atomic E-state index is 0.288. The summed E-state index contributed by atoms with van der Waals surface area (Å²) in [6, 6.07) is 8.75. The zero-order valence-electron chi connectivity index (χ0n) is 13.5. The fourth-order valence-electron chi connectivity index (χ4n) is 3.37. The summed E-state index contributed by atoms with van der Waals surface area (Å²) < 4.78 is 10.7. The first-order chi connectivity index (χ1) is 10.3. The van der Waals surface area contributed by atoms with E-state index in [-0.39, 0.29) is 5.41 Å². The normalized spacial score (nSPS) is 17.6. The summed E-state index contributed by atoms with van der Waals surface area (Å²) in [7, 11) is 1.75. The minimum absolute atomic E-state index is 0.288. The number of hydrogen-bond donors (Lipinski definition) is 1. The first kappa shape index (κ1) is 16.3. The average molecular weight is 291 g/mol. The van der Waals surface area contributed by atoms with Crippen LogP contribution in [-0.4, -0.2) is 33.4 Å². The van der Waals surface area contributed by atoms with E-state index in [1.54, 1.807) is 7.11 Å². The van der Waals surface area contributed by atoms with E-state index in [1.165, 1.54) is 37.7 Å². The van der Waals surface area contributed by atoms with E-state index in [1.807, 2.05) is 6.92 Å². The van der Waals surface area contributed by atoms with Crippen LogP contribution in [0.1, 0.15) is 44.6 Å². The maximum Gasteiger partial charge on any atom is 0.119 e. The van der Waals surface area contributed by atoms with Gasteiger partial charge >= 0.3 is 0 Å². The molecule has 1 N–H and O–H groups in total. The SMILES string of the molecule is CCOc1ccc(C2(CNCCOC)CCCCC2)cc1. The molecule has 1 saturated carbocycles. The van der Waals surface area contributed by atoms with Gasteiger partial charge in [-0.1, -0.05) is 31.4 Å². The largest absolute Gasteiger partial charge is 0.494 e. The summed E-state index contributed by atoms with van der Waals surface area (Å²) in [5, 5.41) is 3.58. The third-order valence-electron chi connectivity index (χ3n) is 4.53. The van der Waals surface area contributed by atoms with Crippen molar-refractivity contribution in [3.05, 3.63) is 29.8 Å². The second-order valence-electron chi connectivity index (χ2n) is 5.97. The maximum atomic E-state index is 5.56. The molecule has 1 aromatic carbocycles. The molecule has 0 saturated heterocycles. The van der Waals surface area contributed by atoms with E-state index >= 15 is 0 Å². The van der Waals surface area contributed by atoms with Crippen LogP contribution in [0.4, 0.5) is 0 Å². The van der Waals surface area contributed by atoms with Gasteiger partial charge in [0.25, 0.3) is 0 Å². The maximum absolute atomic E-state index is 5.56. The van der Waals surface area contributed by atoms with Crippen molar-refractivity contribution >= 4 is 0 Å². The first-order valence-corrected chi connectivity index (χ1v) is 8.24. The Hall–Kier alpha value is -1.06. The predicted octanol–water partition coefficient (Wildman–Crippen LogP) is 3.52. The average Bonchev–Trinajstić information content (AvgIpc) is 2.54. The number of ether oxygens (including phenoxy) is 2. The molecule has 0 amide bonds. The van der Waals surface area contributed by atoms with Crippen LogP contribution in [0.5, 0.6) is 5.75 Å². The van der Waals surface area contributed by atoms with E-state index in [4.69, 9.17) is 9.47 Å². The highest BCUT2D eigenvalue weighted by molar-refractivity contribution is 5.33. The van der Waals surface area contributed by atoms with Crippen LogP contribution in [0.25, 0.3) is 0 Å².